The van der Waals surface area contributed by atoms with E-state index >= 15 is 0 Å². The number of fused-ring (bicyclic) bond motifs is 1. The molecule has 7 nitrogen and oxygen atoms in total. The molecule has 1 saturated carbocycles. The van der Waals surface area contributed by atoms with Gasteiger partial charge in [-0.25, -0.2) is 9.78 Å². The quantitative estimate of drug-likeness (QED) is 0.836. The number of aromatic nitrogens is 2. The SMILES string of the molecule is Cc1ccc2nc(CN3C(=O)NC4(CCCCC4C)C3=O)cc(=O)n2c1. The molecule has 136 valence electrons. The van der Waals surface area contributed by atoms with Crippen LogP contribution in [0.5, 0.6) is 0 Å². The number of hydrogen-bond acceptors (Lipinski definition) is 4. The van der Waals surface area contributed by atoms with Crippen molar-refractivity contribution in [2.45, 2.75) is 51.6 Å². The van der Waals surface area contributed by atoms with Crippen LogP contribution in [-0.4, -0.2) is 31.8 Å². The van der Waals surface area contributed by atoms with Gasteiger partial charge in [-0.05, 0) is 37.3 Å². The molecule has 4 rings (SSSR count). The third-order valence-electron chi connectivity index (χ3n) is 5.68. The Kier molecular flexibility index (Phi) is 3.82. The maximum Gasteiger partial charge on any atom is 0.325 e. The maximum atomic E-state index is 13.0. The van der Waals surface area contributed by atoms with Gasteiger partial charge in [-0.3, -0.25) is 18.9 Å². The summed E-state index contributed by atoms with van der Waals surface area (Å²) in [5, 5.41) is 2.92. The highest BCUT2D eigenvalue weighted by Gasteiger charge is 2.54. The largest absolute Gasteiger partial charge is 0.325 e. The standard InChI is InChI=1S/C19H22N4O3/c1-12-6-7-15-20-14(9-16(24)22(15)10-12)11-23-17(25)19(21-18(23)26)8-4-3-5-13(19)2/h6-7,9-10,13H,3-5,8,11H2,1-2H3,(H,21,26). The molecule has 3 amide bonds. The van der Waals surface area contributed by atoms with Gasteiger partial charge in [-0.15, -0.1) is 0 Å². The Morgan fingerprint density at radius 1 is 1.27 bits per heavy atom. The summed E-state index contributed by atoms with van der Waals surface area (Å²) >= 11 is 0. The molecule has 2 atom stereocenters. The van der Waals surface area contributed by atoms with E-state index in [1.54, 1.807) is 12.3 Å². The van der Waals surface area contributed by atoms with Crippen LogP contribution >= 0.6 is 0 Å². The van der Waals surface area contributed by atoms with Crippen molar-refractivity contribution in [3.05, 3.63) is 46.0 Å². The Labute approximate surface area is 151 Å². The van der Waals surface area contributed by atoms with Crippen molar-refractivity contribution < 1.29 is 9.59 Å². The number of carbonyl (C=O) groups excluding carboxylic acids is 2. The number of imide groups is 1. The van der Waals surface area contributed by atoms with E-state index in [2.05, 4.69) is 10.3 Å². The zero-order valence-corrected chi connectivity index (χ0v) is 15.0. The molecule has 2 fully saturated rings. The van der Waals surface area contributed by atoms with E-state index in [1.165, 1.54) is 15.4 Å². The third-order valence-corrected chi connectivity index (χ3v) is 5.68. The topological polar surface area (TPSA) is 83.8 Å². The van der Waals surface area contributed by atoms with Gasteiger partial charge in [0.05, 0.1) is 12.2 Å². The van der Waals surface area contributed by atoms with Crippen LogP contribution in [0.25, 0.3) is 5.65 Å². The van der Waals surface area contributed by atoms with Crippen LogP contribution in [0.4, 0.5) is 4.79 Å². The second-order valence-corrected chi connectivity index (χ2v) is 7.46. The van der Waals surface area contributed by atoms with Crippen molar-refractivity contribution in [1.82, 2.24) is 19.6 Å². The van der Waals surface area contributed by atoms with Crippen molar-refractivity contribution in [1.29, 1.82) is 0 Å². The third kappa shape index (κ3) is 2.50. The van der Waals surface area contributed by atoms with Crippen LogP contribution < -0.4 is 10.9 Å². The van der Waals surface area contributed by atoms with Crippen molar-refractivity contribution in [3.8, 4) is 0 Å². The number of rotatable bonds is 2. The molecule has 1 spiro atoms. The van der Waals surface area contributed by atoms with Gasteiger partial charge in [0, 0.05) is 12.3 Å². The summed E-state index contributed by atoms with van der Waals surface area (Å²) < 4.78 is 1.47. The van der Waals surface area contributed by atoms with E-state index in [9.17, 15) is 14.4 Å². The minimum Gasteiger partial charge on any atom is -0.323 e. The lowest BCUT2D eigenvalue weighted by atomic mass is 9.73. The van der Waals surface area contributed by atoms with Gasteiger partial charge in [0.25, 0.3) is 11.5 Å². The molecule has 3 heterocycles. The first-order valence-corrected chi connectivity index (χ1v) is 9.04. The zero-order chi connectivity index (χ0) is 18.5. The molecule has 2 aliphatic rings. The van der Waals surface area contributed by atoms with E-state index in [-0.39, 0.29) is 23.9 Å². The van der Waals surface area contributed by atoms with E-state index in [1.807, 2.05) is 19.9 Å². The molecule has 2 aromatic heterocycles. The first-order chi connectivity index (χ1) is 12.4. The number of nitrogens with one attached hydrogen (secondary N) is 1. The van der Waals surface area contributed by atoms with Crippen molar-refractivity contribution >= 4 is 17.6 Å². The molecule has 1 aliphatic carbocycles. The molecule has 2 aromatic rings. The van der Waals surface area contributed by atoms with Crippen LogP contribution in [0.2, 0.25) is 0 Å². The number of urea groups is 1. The van der Waals surface area contributed by atoms with Gasteiger partial charge in [-0.1, -0.05) is 25.8 Å². The molecule has 7 heteroatoms. The van der Waals surface area contributed by atoms with E-state index < -0.39 is 11.6 Å². The van der Waals surface area contributed by atoms with Crippen LogP contribution in [0.15, 0.2) is 29.2 Å². The molecule has 0 bridgehead atoms. The lowest BCUT2D eigenvalue weighted by Gasteiger charge is -2.36. The van der Waals surface area contributed by atoms with Crippen molar-refractivity contribution in [2.24, 2.45) is 5.92 Å². The van der Waals surface area contributed by atoms with Gasteiger partial charge < -0.3 is 5.32 Å². The molecule has 1 aliphatic heterocycles. The predicted molar refractivity (Wildman–Crippen MR) is 95.6 cm³/mol. The highest BCUT2D eigenvalue weighted by molar-refractivity contribution is 6.07. The van der Waals surface area contributed by atoms with E-state index in [0.29, 0.717) is 17.8 Å². The Balaban J connectivity index is 1.66. The van der Waals surface area contributed by atoms with E-state index in [0.717, 1.165) is 24.8 Å². The Hall–Kier alpha value is -2.70. The molecule has 0 radical (unpaired) electrons. The van der Waals surface area contributed by atoms with Gasteiger partial charge in [0.1, 0.15) is 11.2 Å². The highest BCUT2D eigenvalue weighted by atomic mass is 16.2. The number of pyridine rings is 1. The fourth-order valence-corrected chi connectivity index (χ4v) is 4.14. The average molecular weight is 354 g/mol. The van der Waals surface area contributed by atoms with Gasteiger partial charge in [-0.2, -0.15) is 0 Å². The average Bonchev–Trinajstić information content (AvgIpc) is 2.83. The van der Waals surface area contributed by atoms with Gasteiger partial charge in [0.2, 0.25) is 0 Å². The minimum absolute atomic E-state index is 0.0127. The second kappa shape index (κ2) is 5.93. The lowest BCUT2D eigenvalue weighted by molar-refractivity contribution is -0.134. The zero-order valence-electron chi connectivity index (χ0n) is 15.0. The fraction of sp³-hybridized carbons (Fsp3) is 0.474. The smallest absolute Gasteiger partial charge is 0.323 e. The van der Waals surface area contributed by atoms with Crippen LogP contribution in [0.3, 0.4) is 0 Å². The van der Waals surface area contributed by atoms with Crippen molar-refractivity contribution in [3.63, 3.8) is 0 Å². The summed E-state index contributed by atoms with van der Waals surface area (Å²) in [6.45, 7) is 3.93. The van der Waals surface area contributed by atoms with Crippen LogP contribution in [-0.2, 0) is 11.3 Å². The summed E-state index contributed by atoms with van der Waals surface area (Å²) in [5.74, 6) is -0.0866. The molecule has 0 aromatic carbocycles. The Bertz CT molecular complexity index is 967. The minimum atomic E-state index is -0.793. The first kappa shape index (κ1) is 16.8. The summed E-state index contributed by atoms with van der Waals surface area (Å²) in [6.07, 6.45) is 5.32. The summed E-state index contributed by atoms with van der Waals surface area (Å²) in [5.41, 5.74) is 0.866. The maximum absolute atomic E-state index is 13.0. The van der Waals surface area contributed by atoms with Gasteiger partial charge >= 0.3 is 6.03 Å². The molecule has 2 unspecified atom stereocenters. The predicted octanol–water partition coefficient (Wildman–Crippen LogP) is 2.00. The summed E-state index contributed by atoms with van der Waals surface area (Å²) in [6, 6.07) is 4.63. The molecular formula is C19H22N4O3. The Morgan fingerprint density at radius 2 is 2.08 bits per heavy atom. The van der Waals surface area contributed by atoms with Gasteiger partial charge in [0.15, 0.2) is 0 Å². The molecular weight excluding hydrogens is 332 g/mol. The second-order valence-electron chi connectivity index (χ2n) is 7.46. The molecule has 1 N–H and O–H groups in total. The number of amides is 3. The van der Waals surface area contributed by atoms with Crippen LogP contribution in [0.1, 0.15) is 43.9 Å². The number of nitrogens with zero attached hydrogens (tertiary/aromatic N) is 3. The van der Waals surface area contributed by atoms with E-state index in [4.69, 9.17) is 0 Å². The fourth-order valence-electron chi connectivity index (χ4n) is 4.14. The molecule has 1 saturated heterocycles. The Morgan fingerprint density at radius 3 is 2.85 bits per heavy atom. The first-order valence-electron chi connectivity index (χ1n) is 9.04. The number of aryl methyl sites for hydroxylation is 1. The summed E-state index contributed by atoms with van der Waals surface area (Å²) in [4.78, 5) is 43.5. The molecule has 26 heavy (non-hydrogen) atoms. The highest BCUT2D eigenvalue weighted by Crippen LogP contribution is 2.38. The summed E-state index contributed by atoms with van der Waals surface area (Å²) in [7, 11) is 0. The lowest BCUT2D eigenvalue weighted by Crippen LogP contribution is -2.53. The number of hydrogen-bond donors (Lipinski definition) is 1. The monoisotopic (exact) mass is 354 g/mol. The van der Waals surface area contributed by atoms with Crippen molar-refractivity contribution in [2.75, 3.05) is 0 Å². The normalized spacial score (nSPS) is 25.9. The van der Waals surface area contributed by atoms with Crippen LogP contribution in [0, 0.1) is 12.8 Å². The number of carbonyl (C=O) groups is 2.